The molecule has 1 unspecified atom stereocenters. The fourth-order valence-electron chi connectivity index (χ4n) is 10.5. The molecule has 0 bridgehead atoms. The number of hydrogen-bond donors (Lipinski definition) is 5. The average Bonchev–Trinajstić information content (AvgIpc) is 3.41. The topological polar surface area (TPSA) is 153 Å². The molecule has 0 rings (SSSR count). The van der Waals surface area contributed by atoms with Crippen molar-refractivity contribution in [1.29, 1.82) is 0 Å². The zero-order valence-corrected chi connectivity index (χ0v) is 53.9. The molecule has 0 radical (unpaired) electrons. The maximum Gasteiger partial charge on any atom is 0.325 e. The van der Waals surface area contributed by atoms with E-state index in [1.54, 1.807) is 0 Å². The normalized spacial score (nSPS) is 11.8. The van der Waals surface area contributed by atoms with Gasteiger partial charge in [0.2, 0.25) is 0 Å². The van der Waals surface area contributed by atoms with Crippen LogP contribution in [-0.2, 0) is 19.7 Å². The van der Waals surface area contributed by atoms with E-state index in [2.05, 4.69) is 38.3 Å². The summed E-state index contributed by atoms with van der Waals surface area (Å²) in [7, 11) is -4.84. The molecular weight excluding hydrogens is 989 g/mol. The number of nitrogens with one attached hydrogen (secondary N) is 2. The van der Waals surface area contributed by atoms with Crippen LogP contribution in [0.2, 0.25) is 0 Å². The van der Waals surface area contributed by atoms with Crippen molar-refractivity contribution in [1.82, 2.24) is 10.6 Å². The lowest BCUT2D eigenvalue weighted by Gasteiger charge is -2.06. The van der Waals surface area contributed by atoms with Gasteiger partial charge in [-0.25, -0.2) is 0 Å². The van der Waals surface area contributed by atoms with Crippen LogP contribution in [0.1, 0.15) is 394 Å². The van der Waals surface area contributed by atoms with Gasteiger partial charge in [-0.15, -0.1) is 0 Å². The van der Waals surface area contributed by atoms with Gasteiger partial charge in [0.25, 0.3) is 10.1 Å². The van der Waals surface area contributed by atoms with Crippen LogP contribution >= 0.6 is 0 Å². The van der Waals surface area contributed by atoms with Crippen molar-refractivity contribution >= 4 is 22.1 Å². The van der Waals surface area contributed by atoms with Crippen LogP contribution in [0.4, 0.5) is 0 Å². The van der Waals surface area contributed by atoms with Crippen LogP contribution in [0, 0.1) is 0 Å². The minimum Gasteiger partial charge on any atom is -0.481 e. The van der Waals surface area contributed by atoms with Crippen molar-refractivity contribution in [2.24, 2.45) is 0 Å². The largest absolute Gasteiger partial charge is 0.481 e. The Balaban J connectivity index is -0.00000119. The minimum absolute atomic E-state index is 1.16. The Kier molecular flexibility index (Phi) is 74.6. The number of unbranched alkanes of at least 4 members (excludes halogenated alkanes) is 52. The molecule has 10 heteroatoms. The second-order valence-corrected chi connectivity index (χ2v) is 25.4. The van der Waals surface area contributed by atoms with Gasteiger partial charge in [-0.05, 0) is 51.9 Å². The molecule has 0 spiro atoms. The molecule has 0 aromatic rings. The Hall–Kier alpha value is -1.23. The van der Waals surface area contributed by atoms with Crippen molar-refractivity contribution in [3.63, 3.8) is 0 Å². The molecule has 0 heterocycles. The van der Waals surface area contributed by atoms with Crippen LogP contribution < -0.4 is 10.6 Å². The molecule has 78 heavy (non-hydrogen) atoms. The summed E-state index contributed by atoms with van der Waals surface area (Å²) in [6.07, 6.45) is 80.3. The zero-order chi connectivity index (χ0) is 57.8. The standard InChI is InChI=1S/2C32H67N.C4H6O7S/c2*1-3-5-7-9-11-13-15-17-19-21-23-25-27-29-31-33-32-30-28-26-24-22-20-18-16-14-12-10-8-6-4-2;5-3(6)1-2(4(7)8)12(9,10)11/h2*33H,3-32H2,1-2H3;2H,1H2,(H,5,6)(H,7,8)(H,9,10,11). The molecule has 1 atom stereocenters. The molecule has 0 amide bonds. The van der Waals surface area contributed by atoms with Gasteiger partial charge in [0.05, 0.1) is 6.42 Å². The number of aliphatic carboxylic acids is 2. The van der Waals surface area contributed by atoms with Gasteiger partial charge in [-0.3, -0.25) is 14.1 Å². The van der Waals surface area contributed by atoms with E-state index < -0.39 is 33.7 Å². The predicted octanol–water partition coefficient (Wildman–Crippen LogP) is 21.9. The smallest absolute Gasteiger partial charge is 0.325 e. The fraction of sp³-hybridized carbons (Fsp3) is 0.971. The number of carbonyl (C=O) groups is 2. The first kappa shape index (κ1) is 81.0. The van der Waals surface area contributed by atoms with E-state index in [9.17, 15) is 18.0 Å². The summed E-state index contributed by atoms with van der Waals surface area (Å²) in [5.74, 6) is -3.50. The van der Waals surface area contributed by atoms with Gasteiger partial charge >= 0.3 is 11.9 Å². The highest BCUT2D eigenvalue weighted by Crippen LogP contribution is 2.17. The first-order chi connectivity index (χ1) is 38.1. The molecule has 0 fully saturated rings. The SMILES string of the molecule is CCCCCCCCCCCCCCCCNCCCCCCCCCCCCCCCC.CCCCCCCCCCCCCCCCNCCCCCCCCCCCCCCCC.O=C(O)CC(C(=O)O)S(=O)(=O)O. The molecule has 0 aliphatic carbocycles. The van der Waals surface area contributed by atoms with E-state index in [-0.39, 0.29) is 0 Å². The molecule has 9 nitrogen and oxygen atoms in total. The van der Waals surface area contributed by atoms with Crippen LogP contribution in [0.5, 0.6) is 0 Å². The third-order valence-electron chi connectivity index (χ3n) is 15.8. The van der Waals surface area contributed by atoms with E-state index in [0.29, 0.717) is 0 Å². The lowest BCUT2D eigenvalue weighted by Crippen LogP contribution is -2.31. The van der Waals surface area contributed by atoms with E-state index in [1.165, 1.54) is 386 Å². The maximum atomic E-state index is 10.2. The maximum absolute atomic E-state index is 10.2. The summed E-state index contributed by atoms with van der Waals surface area (Å²) in [6, 6.07) is 0. The molecule has 5 N–H and O–H groups in total. The second kappa shape index (κ2) is 71.9. The lowest BCUT2D eigenvalue weighted by atomic mass is 10.0. The van der Waals surface area contributed by atoms with E-state index >= 15 is 0 Å². The highest BCUT2D eigenvalue weighted by molar-refractivity contribution is 7.87. The zero-order valence-electron chi connectivity index (χ0n) is 53.1. The van der Waals surface area contributed by atoms with Gasteiger partial charge in [-0.1, -0.05) is 362 Å². The Morgan fingerprint density at radius 3 is 0.526 bits per heavy atom. The van der Waals surface area contributed by atoms with E-state index in [0.717, 1.165) is 0 Å². The Bertz CT molecular complexity index is 1110. The summed E-state index contributed by atoms with van der Waals surface area (Å²) >= 11 is 0. The van der Waals surface area contributed by atoms with Crippen molar-refractivity contribution in [3.8, 4) is 0 Å². The minimum atomic E-state index is -4.84. The van der Waals surface area contributed by atoms with Crippen molar-refractivity contribution < 1.29 is 32.8 Å². The first-order valence-electron chi connectivity index (χ1n) is 34.9. The quantitative estimate of drug-likeness (QED) is 0.0296. The summed E-state index contributed by atoms with van der Waals surface area (Å²) in [5.41, 5.74) is 0. The van der Waals surface area contributed by atoms with Gasteiger partial charge < -0.3 is 20.8 Å². The number of carboxylic acids is 2. The fourth-order valence-corrected chi connectivity index (χ4v) is 11.1. The van der Waals surface area contributed by atoms with Gasteiger partial charge in [0.1, 0.15) is 0 Å². The molecule has 0 aromatic heterocycles. The highest BCUT2D eigenvalue weighted by Gasteiger charge is 2.33. The van der Waals surface area contributed by atoms with Crippen molar-refractivity contribution in [2.45, 2.75) is 399 Å². The molecule has 0 aliphatic heterocycles. The van der Waals surface area contributed by atoms with Crippen molar-refractivity contribution in [3.05, 3.63) is 0 Å². The first-order valence-corrected chi connectivity index (χ1v) is 36.4. The predicted molar refractivity (Wildman–Crippen MR) is 342 cm³/mol. The average molecular weight is 1130 g/mol. The molecule has 0 aromatic carbocycles. The Labute approximate surface area is 488 Å². The Morgan fingerprint density at radius 1 is 0.282 bits per heavy atom. The number of hydrogen-bond acceptors (Lipinski definition) is 6. The third-order valence-corrected chi connectivity index (χ3v) is 16.9. The van der Waals surface area contributed by atoms with Crippen molar-refractivity contribution in [2.75, 3.05) is 26.2 Å². The second-order valence-electron chi connectivity index (χ2n) is 23.8. The summed E-state index contributed by atoms with van der Waals surface area (Å²) in [5, 5.41) is 21.3. The number of rotatable bonds is 64. The van der Waals surface area contributed by atoms with Gasteiger partial charge in [-0.2, -0.15) is 8.42 Å². The molecule has 470 valence electrons. The summed E-state index contributed by atoms with van der Waals surface area (Å²) in [6.45, 7) is 14.2. The van der Waals surface area contributed by atoms with Gasteiger partial charge in [0.15, 0.2) is 5.25 Å². The molecular formula is C68H140N2O7S. The van der Waals surface area contributed by atoms with Crippen LogP contribution in [0.3, 0.4) is 0 Å². The highest BCUT2D eigenvalue weighted by atomic mass is 32.2. The summed E-state index contributed by atoms with van der Waals surface area (Å²) < 4.78 is 28.7. The summed E-state index contributed by atoms with van der Waals surface area (Å²) in [4.78, 5) is 20.0. The monoisotopic (exact) mass is 1130 g/mol. The van der Waals surface area contributed by atoms with Crippen LogP contribution in [0.25, 0.3) is 0 Å². The number of carboxylic acid groups (broad SMARTS) is 2. The molecule has 0 saturated carbocycles. The van der Waals surface area contributed by atoms with E-state index in [4.69, 9.17) is 14.8 Å². The molecule has 0 saturated heterocycles. The third kappa shape index (κ3) is 76.8. The molecule has 0 aliphatic rings. The lowest BCUT2D eigenvalue weighted by molar-refractivity contribution is -0.143. The Morgan fingerprint density at radius 2 is 0.423 bits per heavy atom. The van der Waals surface area contributed by atoms with Crippen LogP contribution in [0.15, 0.2) is 0 Å². The van der Waals surface area contributed by atoms with Gasteiger partial charge in [0, 0.05) is 0 Å². The van der Waals surface area contributed by atoms with Crippen LogP contribution in [-0.4, -0.2) is 66.6 Å². The van der Waals surface area contributed by atoms with E-state index in [1.807, 2.05) is 0 Å².